The molecule has 0 radical (unpaired) electrons. The van der Waals surface area contributed by atoms with Gasteiger partial charge in [-0.05, 0) is 49.7 Å². The van der Waals surface area contributed by atoms with Crippen molar-refractivity contribution < 1.29 is 28.2 Å². The zero-order valence-electron chi connectivity index (χ0n) is 20.3. The van der Waals surface area contributed by atoms with Crippen molar-refractivity contribution in [2.75, 3.05) is 25.7 Å². The standard InChI is InChI=1S/C26H21BrN2O7S/c1-5-35-17-8-6-13(10-18(17)33-3)20-19-21(30)15-11-14(27)7-9-16(15)36-22(19)24(31)29(20)26-28-12(2)23(37-26)25(32)34-4/h6-11,20H,5H2,1-4H3. The Bertz CT molecular complexity index is 1630. The van der Waals surface area contributed by atoms with Gasteiger partial charge in [0.1, 0.15) is 10.5 Å². The van der Waals surface area contributed by atoms with E-state index in [1.165, 1.54) is 19.1 Å². The van der Waals surface area contributed by atoms with Crippen molar-refractivity contribution in [3.05, 3.63) is 78.6 Å². The number of aromatic nitrogens is 1. The first-order valence-electron chi connectivity index (χ1n) is 11.2. The molecule has 1 aliphatic rings. The van der Waals surface area contributed by atoms with Crippen molar-refractivity contribution in [2.24, 2.45) is 0 Å². The van der Waals surface area contributed by atoms with Crippen LogP contribution in [0.2, 0.25) is 0 Å². The smallest absolute Gasteiger partial charge is 0.350 e. The van der Waals surface area contributed by atoms with Crippen molar-refractivity contribution in [1.82, 2.24) is 4.98 Å². The van der Waals surface area contributed by atoms with E-state index in [9.17, 15) is 14.4 Å². The van der Waals surface area contributed by atoms with E-state index in [0.29, 0.717) is 39.2 Å². The average Bonchev–Trinajstić information content (AvgIpc) is 3.41. The zero-order valence-corrected chi connectivity index (χ0v) is 22.7. The first-order chi connectivity index (χ1) is 17.8. The number of esters is 1. The number of amides is 1. The molecule has 4 aromatic rings. The number of thiazole rings is 1. The van der Waals surface area contributed by atoms with E-state index in [-0.39, 0.29) is 32.3 Å². The van der Waals surface area contributed by atoms with Crippen LogP contribution in [0.25, 0.3) is 11.0 Å². The molecule has 0 aliphatic carbocycles. The van der Waals surface area contributed by atoms with Gasteiger partial charge in [-0.1, -0.05) is 33.3 Å². The minimum absolute atomic E-state index is 0.0786. The number of benzene rings is 2. The number of nitrogens with zero attached hydrogens (tertiary/aromatic N) is 2. The second-order valence-electron chi connectivity index (χ2n) is 8.14. The maximum absolute atomic E-state index is 13.8. The van der Waals surface area contributed by atoms with E-state index in [1.807, 2.05) is 6.92 Å². The Labute approximate surface area is 223 Å². The van der Waals surface area contributed by atoms with Crippen LogP contribution in [-0.2, 0) is 4.74 Å². The summed E-state index contributed by atoms with van der Waals surface area (Å²) < 4.78 is 22.7. The molecule has 0 bridgehead atoms. The Hall–Kier alpha value is -3.70. The van der Waals surface area contributed by atoms with Crippen LogP contribution < -0.4 is 19.8 Å². The molecule has 2 aromatic heterocycles. The quantitative estimate of drug-likeness (QED) is 0.282. The van der Waals surface area contributed by atoms with Gasteiger partial charge in [-0.2, -0.15) is 0 Å². The summed E-state index contributed by atoms with van der Waals surface area (Å²) in [5.41, 5.74) is 1.12. The molecule has 2 aromatic carbocycles. The van der Waals surface area contributed by atoms with Crippen LogP contribution >= 0.6 is 27.3 Å². The van der Waals surface area contributed by atoms with Crippen LogP contribution in [0.5, 0.6) is 11.5 Å². The molecule has 5 rings (SSSR count). The minimum Gasteiger partial charge on any atom is -0.493 e. The molecule has 37 heavy (non-hydrogen) atoms. The number of carbonyl (C=O) groups is 2. The van der Waals surface area contributed by atoms with E-state index < -0.39 is 17.9 Å². The molecule has 190 valence electrons. The number of hydrogen-bond donors (Lipinski definition) is 0. The molecule has 11 heteroatoms. The van der Waals surface area contributed by atoms with Crippen LogP contribution in [-0.4, -0.2) is 37.7 Å². The lowest BCUT2D eigenvalue weighted by atomic mass is 9.98. The number of hydrogen-bond acceptors (Lipinski definition) is 9. The number of rotatable bonds is 6. The Balaban J connectivity index is 1.78. The van der Waals surface area contributed by atoms with Gasteiger partial charge in [0.25, 0.3) is 5.91 Å². The van der Waals surface area contributed by atoms with E-state index in [2.05, 4.69) is 20.9 Å². The van der Waals surface area contributed by atoms with Gasteiger partial charge in [0, 0.05) is 4.47 Å². The summed E-state index contributed by atoms with van der Waals surface area (Å²) in [6.45, 7) is 3.95. The molecule has 0 N–H and O–H groups in total. The number of fused-ring (bicyclic) bond motifs is 2. The molecule has 1 unspecified atom stereocenters. The molecular weight excluding hydrogens is 564 g/mol. The predicted molar refractivity (Wildman–Crippen MR) is 141 cm³/mol. The van der Waals surface area contributed by atoms with Gasteiger partial charge in [0.15, 0.2) is 22.1 Å². The average molecular weight is 585 g/mol. The van der Waals surface area contributed by atoms with Gasteiger partial charge in [0.2, 0.25) is 5.76 Å². The van der Waals surface area contributed by atoms with Crippen LogP contribution in [0, 0.1) is 6.92 Å². The van der Waals surface area contributed by atoms with Gasteiger partial charge >= 0.3 is 5.97 Å². The lowest BCUT2D eigenvalue weighted by Crippen LogP contribution is -2.29. The van der Waals surface area contributed by atoms with Crippen molar-refractivity contribution in [1.29, 1.82) is 0 Å². The van der Waals surface area contributed by atoms with Crippen LogP contribution in [0.15, 0.2) is 50.1 Å². The summed E-state index contributed by atoms with van der Waals surface area (Å²) in [4.78, 5) is 46.0. The van der Waals surface area contributed by atoms with Crippen molar-refractivity contribution in [3.63, 3.8) is 0 Å². The first kappa shape index (κ1) is 25.0. The number of aryl methyl sites for hydroxylation is 1. The molecule has 0 saturated carbocycles. The first-order valence-corrected chi connectivity index (χ1v) is 12.9. The Kier molecular flexibility index (Phi) is 6.50. The van der Waals surface area contributed by atoms with E-state index in [4.69, 9.17) is 18.6 Å². The van der Waals surface area contributed by atoms with Crippen LogP contribution in [0.1, 0.15) is 50.0 Å². The van der Waals surface area contributed by atoms with Gasteiger partial charge in [-0.25, -0.2) is 9.78 Å². The fourth-order valence-electron chi connectivity index (χ4n) is 4.35. The number of ether oxygens (including phenoxy) is 3. The van der Waals surface area contributed by atoms with Crippen molar-refractivity contribution in [3.8, 4) is 11.5 Å². The normalized spacial score (nSPS) is 14.7. The number of carbonyl (C=O) groups excluding carboxylic acids is 2. The largest absolute Gasteiger partial charge is 0.493 e. The van der Waals surface area contributed by atoms with Crippen molar-refractivity contribution >= 4 is 55.2 Å². The van der Waals surface area contributed by atoms with Gasteiger partial charge in [-0.15, -0.1) is 0 Å². The third-order valence-corrected chi connectivity index (χ3v) is 7.63. The lowest BCUT2D eigenvalue weighted by molar-refractivity contribution is 0.0605. The van der Waals surface area contributed by atoms with Crippen LogP contribution in [0.3, 0.4) is 0 Å². The van der Waals surface area contributed by atoms with Crippen molar-refractivity contribution in [2.45, 2.75) is 19.9 Å². The highest BCUT2D eigenvalue weighted by Gasteiger charge is 2.45. The van der Waals surface area contributed by atoms with Gasteiger partial charge < -0.3 is 18.6 Å². The highest BCUT2D eigenvalue weighted by molar-refractivity contribution is 9.10. The Morgan fingerprint density at radius 3 is 2.65 bits per heavy atom. The van der Waals surface area contributed by atoms with E-state index in [1.54, 1.807) is 43.3 Å². The second-order valence-corrected chi connectivity index (χ2v) is 10.0. The number of halogens is 1. The predicted octanol–water partition coefficient (Wildman–Crippen LogP) is 5.26. The molecule has 3 heterocycles. The molecular formula is C26H21BrN2O7S. The monoisotopic (exact) mass is 584 g/mol. The molecule has 0 saturated heterocycles. The zero-order chi connectivity index (χ0) is 26.4. The molecule has 0 spiro atoms. The molecule has 9 nitrogen and oxygen atoms in total. The molecule has 1 aliphatic heterocycles. The van der Waals surface area contributed by atoms with Gasteiger partial charge in [-0.3, -0.25) is 14.5 Å². The topological polar surface area (TPSA) is 108 Å². The maximum Gasteiger partial charge on any atom is 0.350 e. The Morgan fingerprint density at radius 2 is 1.95 bits per heavy atom. The summed E-state index contributed by atoms with van der Waals surface area (Å²) in [7, 11) is 2.79. The fourth-order valence-corrected chi connectivity index (χ4v) is 5.73. The molecule has 1 amide bonds. The number of anilines is 1. The minimum atomic E-state index is -0.886. The second kappa shape index (κ2) is 9.64. The SMILES string of the molecule is CCOc1ccc(C2c3c(oc4ccc(Br)cc4c3=O)C(=O)N2c2nc(C)c(C(=O)OC)s2)cc1OC. The summed E-state index contributed by atoms with van der Waals surface area (Å²) in [5.74, 6) is -0.212. The summed E-state index contributed by atoms with van der Waals surface area (Å²) in [6, 6.07) is 9.35. The highest BCUT2D eigenvalue weighted by atomic mass is 79.9. The number of methoxy groups -OCH3 is 2. The van der Waals surface area contributed by atoms with Gasteiger partial charge in [0.05, 0.1) is 43.5 Å². The summed E-state index contributed by atoms with van der Waals surface area (Å²) in [6.07, 6.45) is 0. The summed E-state index contributed by atoms with van der Waals surface area (Å²) >= 11 is 4.41. The van der Waals surface area contributed by atoms with E-state index in [0.717, 1.165) is 11.3 Å². The van der Waals surface area contributed by atoms with Crippen LogP contribution in [0.4, 0.5) is 5.13 Å². The Morgan fingerprint density at radius 1 is 1.16 bits per heavy atom. The third-order valence-electron chi connectivity index (χ3n) is 6.00. The molecule has 1 atom stereocenters. The highest BCUT2D eigenvalue weighted by Crippen LogP contribution is 2.45. The fraction of sp³-hybridized carbons (Fsp3) is 0.231. The summed E-state index contributed by atoms with van der Waals surface area (Å²) in [5, 5.41) is 0.563. The van der Waals surface area contributed by atoms with E-state index >= 15 is 0 Å². The molecule has 0 fully saturated rings. The lowest BCUT2D eigenvalue weighted by Gasteiger charge is -2.23. The third kappa shape index (κ3) is 4.08. The maximum atomic E-state index is 13.8.